The molecule has 0 aliphatic heterocycles. The summed E-state index contributed by atoms with van der Waals surface area (Å²) in [7, 11) is 0. The molecule has 5 nitrogen and oxygen atoms in total. The van der Waals surface area contributed by atoms with E-state index >= 15 is 0 Å². The molecule has 22 heavy (non-hydrogen) atoms. The molecule has 0 aliphatic rings. The topological polar surface area (TPSA) is 78.0 Å². The third kappa shape index (κ3) is 3.13. The number of H-pyrrole nitrogens is 1. The van der Waals surface area contributed by atoms with Crippen molar-refractivity contribution >= 4 is 11.7 Å². The first-order chi connectivity index (χ1) is 10.2. The number of rotatable bonds is 4. The van der Waals surface area contributed by atoms with Crippen molar-refractivity contribution in [2.45, 2.75) is 46.6 Å². The lowest BCUT2D eigenvalue weighted by atomic mass is 9.89. The quantitative estimate of drug-likeness (QED) is 0.805. The number of carboxylic acids is 1. The van der Waals surface area contributed by atoms with Gasteiger partial charge in [-0.1, -0.05) is 26.8 Å². The molecule has 0 saturated carbocycles. The fourth-order valence-electron chi connectivity index (χ4n) is 2.65. The number of nitrogens with zero attached hydrogens (tertiary/aromatic N) is 1. The van der Waals surface area contributed by atoms with Crippen LogP contribution in [0.2, 0.25) is 0 Å². The maximum atomic E-state index is 11.4. The van der Waals surface area contributed by atoms with Crippen LogP contribution in [0.5, 0.6) is 0 Å². The van der Waals surface area contributed by atoms with Crippen LogP contribution in [0, 0.1) is 13.8 Å². The van der Waals surface area contributed by atoms with Crippen LogP contribution in [0.25, 0.3) is 0 Å². The van der Waals surface area contributed by atoms with Gasteiger partial charge in [0.05, 0.1) is 11.8 Å². The molecule has 0 saturated heterocycles. The summed E-state index contributed by atoms with van der Waals surface area (Å²) in [6, 6.07) is 3.76. The number of anilines is 1. The summed E-state index contributed by atoms with van der Waals surface area (Å²) < 4.78 is 0. The fraction of sp³-hybridized carbons (Fsp3) is 0.412. The summed E-state index contributed by atoms with van der Waals surface area (Å²) in [5, 5.41) is 19.8. The molecular weight excluding hydrogens is 278 g/mol. The highest BCUT2D eigenvalue weighted by atomic mass is 16.4. The number of nitrogens with one attached hydrogen (secondary N) is 2. The zero-order chi connectivity index (χ0) is 16.5. The van der Waals surface area contributed by atoms with Crippen LogP contribution in [-0.4, -0.2) is 21.3 Å². The highest BCUT2D eigenvalue weighted by molar-refractivity contribution is 5.92. The van der Waals surface area contributed by atoms with Crippen LogP contribution in [-0.2, 0) is 12.0 Å². The van der Waals surface area contributed by atoms with Gasteiger partial charge in [-0.15, -0.1) is 0 Å². The molecule has 3 N–H and O–H groups in total. The number of carboxylic acid groups (broad SMARTS) is 1. The highest BCUT2D eigenvalue weighted by Gasteiger charge is 2.20. The Kier molecular flexibility index (Phi) is 4.26. The summed E-state index contributed by atoms with van der Waals surface area (Å²) in [6.07, 6.45) is 1.81. The molecule has 0 radical (unpaired) electrons. The maximum absolute atomic E-state index is 11.4. The summed E-state index contributed by atoms with van der Waals surface area (Å²) in [4.78, 5) is 11.4. The molecule has 1 heterocycles. The van der Waals surface area contributed by atoms with Gasteiger partial charge < -0.3 is 10.4 Å². The van der Waals surface area contributed by atoms with Gasteiger partial charge in [0.25, 0.3) is 0 Å². The van der Waals surface area contributed by atoms with E-state index in [0.29, 0.717) is 12.1 Å². The normalized spacial score (nSPS) is 11.5. The van der Waals surface area contributed by atoms with Gasteiger partial charge in [-0.25, -0.2) is 4.79 Å². The molecular formula is C17H23N3O2. The Labute approximate surface area is 130 Å². The third-order valence-corrected chi connectivity index (χ3v) is 3.82. The van der Waals surface area contributed by atoms with Crippen molar-refractivity contribution in [3.8, 4) is 0 Å². The SMILES string of the molecule is Cc1ccc(NCc2cn[nH]c2C(C)(C)C)c(C)c1C(=O)O. The molecule has 1 aromatic heterocycles. The number of hydrogen-bond acceptors (Lipinski definition) is 3. The van der Waals surface area contributed by atoms with E-state index in [-0.39, 0.29) is 5.41 Å². The molecule has 0 spiro atoms. The molecule has 1 aromatic carbocycles. The van der Waals surface area contributed by atoms with Gasteiger partial charge in [0.15, 0.2) is 0 Å². The highest BCUT2D eigenvalue weighted by Crippen LogP contribution is 2.26. The standard InChI is InChI=1S/C17H23N3O2/c1-10-6-7-13(11(2)14(10)16(21)22)18-8-12-9-19-20-15(12)17(3,4)5/h6-7,9,18H,8H2,1-5H3,(H,19,20)(H,21,22). The Morgan fingerprint density at radius 2 is 2.00 bits per heavy atom. The summed E-state index contributed by atoms with van der Waals surface area (Å²) >= 11 is 0. The van der Waals surface area contributed by atoms with Crippen LogP contribution in [0.3, 0.4) is 0 Å². The minimum absolute atomic E-state index is 0.0118. The van der Waals surface area contributed by atoms with Crippen molar-refractivity contribution in [1.29, 1.82) is 0 Å². The average molecular weight is 301 g/mol. The smallest absolute Gasteiger partial charge is 0.336 e. The summed E-state index contributed by atoms with van der Waals surface area (Å²) in [6.45, 7) is 10.6. The van der Waals surface area contributed by atoms with E-state index < -0.39 is 5.97 Å². The molecule has 0 amide bonds. The van der Waals surface area contributed by atoms with E-state index in [1.165, 1.54) is 0 Å². The fourth-order valence-corrected chi connectivity index (χ4v) is 2.65. The van der Waals surface area contributed by atoms with Crippen molar-refractivity contribution in [2.75, 3.05) is 5.32 Å². The Morgan fingerprint density at radius 1 is 1.32 bits per heavy atom. The average Bonchev–Trinajstić information content (AvgIpc) is 2.85. The van der Waals surface area contributed by atoms with Crippen LogP contribution >= 0.6 is 0 Å². The number of aryl methyl sites for hydroxylation is 1. The zero-order valence-electron chi connectivity index (χ0n) is 13.7. The van der Waals surface area contributed by atoms with Crippen LogP contribution in [0.15, 0.2) is 18.3 Å². The van der Waals surface area contributed by atoms with Gasteiger partial charge in [-0.05, 0) is 31.0 Å². The molecule has 2 rings (SSSR count). The maximum Gasteiger partial charge on any atom is 0.336 e. The first kappa shape index (κ1) is 16.1. The van der Waals surface area contributed by atoms with Crippen molar-refractivity contribution < 1.29 is 9.90 Å². The molecule has 5 heteroatoms. The Balaban J connectivity index is 2.25. The van der Waals surface area contributed by atoms with Gasteiger partial charge in [-0.2, -0.15) is 5.10 Å². The van der Waals surface area contributed by atoms with Crippen LogP contribution < -0.4 is 5.32 Å². The van der Waals surface area contributed by atoms with Gasteiger partial charge in [0.1, 0.15) is 0 Å². The zero-order valence-corrected chi connectivity index (χ0v) is 13.7. The van der Waals surface area contributed by atoms with Gasteiger partial charge in [0, 0.05) is 28.9 Å². The summed E-state index contributed by atoms with van der Waals surface area (Å²) in [5.41, 5.74) is 4.90. The number of benzene rings is 1. The second-order valence-electron chi connectivity index (χ2n) is 6.61. The van der Waals surface area contributed by atoms with E-state index in [2.05, 4.69) is 36.3 Å². The molecule has 0 unspecified atom stereocenters. The van der Waals surface area contributed by atoms with E-state index in [0.717, 1.165) is 28.1 Å². The second kappa shape index (κ2) is 5.83. The van der Waals surface area contributed by atoms with E-state index in [1.807, 2.05) is 32.2 Å². The monoisotopic (exact) mass is 301 g/mol. The lowest BCUT2D eigenvalue weighted by Gasteiger charge is -2.19. The van der Waals surface area contributed by atoms with Crippen molar-refractivity contribution in [3.05, 3.63) is 46.3 Å². The Hall–Kier alpha value is -2.30. The molecule has 0 fully saturated rings. The molecule has 0 bridgehead atoms. The van der Waals surface area contributed by atoms with Crippen molar-refractivity contribution in [2.24, 2.45) is 0 Å². The minimum atomic E-state index is -0.891. The second-order valence-corrected chi connectivity index (χ2v) is 6.61. The van der Waals surface area contributed by atoms with Crippen molar-refractivity contribution in [1.82, 2.24) is 10.2 Å². The van der Waals surface area contributed by atoms with Crippen LogP contribution in [0.1, 0.15) is 53.5 Å². The molecule has 0 aliphatic carbocycles. The first-order valence-corrected chi connectivity index (χ1v) is 7.32. The first-order valence-electron chi connectivity index (χ1n) is 7.32. The number of aromatic carboxylic acids is 1. The van der Waals surface area contributed by atoms with E-state index in [1.54, 1.807) is 0 Å². The predicted molar refractivity (Wildman–Crippen MR) is 87.5 cm³/mol. The molecule has 2 aromatic rings. The van der Waals surface area contributed by atoms with Gasteiger partial charge >= 0.3 is 5.97 Å². The van der Waals surface area contributed by atoms with Crippen LogP contribution in [0.4, 0.5) is 5.69 Å². The number of aromatic amines is 1. The van der Waals surface area contributed by atoms with E-state index in [4.69, 9.17) is 0 Å². The number of aromatic nitrogens is 2. The van der Waals surface area contributed by atoms with Gasteiger partial charge in [0.2, 0.25) is 0 Å². The number of carbonyl (C=O) groups is 1. The Bertz CT molecular complexity index is 696. The predicted octanol–water partition coefficient (Wildman–Crippen LogP) is 3.63. The minimum Gasteiger partial charge on any atom is -0.478 e. The Morgan fingerprint density at radius 3 is 2.59 bits per heavy atom. The van der Waals surface area contributed by atoms with Gasteiger partial charge in [-0.3, -0.25) is 5.10 Å². The lowest BCUT2D eigenvalue weighted by Crippen LogP contribution is -2.16. The largest absolute Gasteiger partial charge is 0.478 e. The summed E-state index contributed by atoms with van der Waals surface area (Å²) in [5.74, 6) is -0.891. The van der Waals surface area contributed by atoms with E-state index in [9.17, 15) is 9.90 Å². The third-order valence-electron chi connectivity index (χ3n) is 3.82. The molecule has 0 atom stereocenters. The number of hydrogen-bond donors (Lipinski definition) is 3. The molecule has 118 valence electrons. The lowest BCUT2D eigenvalue weighted by molar-refractivity contribution is 0.0695. The van der Waals surface area contributed by atoms with Crippen molar-refractivity contribution in [3.63, 3.8) is 0 Å².